The van der Waals surface area contributed by atoms with Crippen molar-refractivity contribution >= 4 is 28.9 Å². The van der Waals surface area contributed by atoms with Crippen molar-refractivity contribution in [2.24, 2.45) is 0 Å². The van der Waals surface area contributed by atoms with Crippen LogP contribution < -0.4 is 10.00 Å². The summed E-state index contributed by atoms with van der Waals surface area (Å²) in [6, 6.07) is 2.44. The molecule has 6 nitrogen and oxygen atoms in total. The van der Waals surface area contributed by atoms with E-state index in [9.17, 15) is 9.59 Å². The van der Waals surface area contributed by atoms with Gasteiger partial charge in [-0.2, -0.15) is 4.68 Å². The highest BCUT2D eigenvalue weighted by Gasteiger charge is 2.25. The number of ether oxygens (including phenoxy) is 1. The lowest BCUT2D eigenvalue weighted by Gasteiger charge is -2.20. The molecule has 140 valence electrons. The summed E-state index contributed by atoms with van der Waals surface area (Å²) in [5.41, 5.74) is 1.44. The highest BCUT2D eigenvalue weighted by molar-refractivity contribution is 7.12. The molecule has 2 heterocycles. The standard InChI is InChI=1S/C19H25N3O3S/c1-3-25-19(24)18-17(14(2)13-26-18)20-16(23)12-21-10-7-11-22(21)15-8-5-4-6-9-15/h7,10-11,13,15H,3-6,8-9,12H2,1-2H3/p+1. The minimum absolute atomic E-state index is 0.141. The summed E-state index contributed by atoms with van der Waals surface area (Å²) < 4.78 is 9.21. The first-order chi connectivity index (χ1) is 12.6. The van der Waals surface area contributed by atoms with Crippen LogP contribution in [0.4, 0.5) is 5.69 Å². The number of carbonyl (C=O) groups excluding carboxylic acids is 2. The Balaban J connectivity index is 1.70. The minimum Gasteiger partial charge on any atom is -0.462 e. The van der Waals surface area contributed by atoms with Crippen molar-refractivity contribution in [3.63, 3.8) is 0 Å². The van der Waals surface area contributed by atoms with Gasteiger partial charge in [-0.3, -0.25) is 4.79 Å². The number of anilines is 1. The van der Waals surface area contributed by atoms with E-state index in [2.05, 4.69) is 10.00 Å². The van der Waals surface area contributed by atoms with Crippen LogP contribution in [0.1, 0.15) is 60.3 Å². The average Bonchev–Trinajstić information content (AvgIpc) is 3.23. The van der Waals surface area contributed by atoms with Gasteiger partial charge in [-0.1, -0.05) is 19.3 Å². The van der Waals surface area contributed by atoms with Gasteiger partial charge in [0.15, 0.2) is 6.20 Å². The molecular weight excluding hydrogens is 350 g/mol. The van der Waals surface area contributed by atoms with Crippen molar-refractivity contribution in [3.05, 3.63) is 34.3 Å². The van der Waals surface area contributed by atoms with Crippen LogP contribution in [0.2, 0.25) is 0 Å². The van der Waals surface area contributed by atoms with Crippen LogP contribution in [0.3, 0.4) is 0 Å². The predicted molar refractivity (Wildman–Crippen MR) is 100 cm³/mol. The lowest BCUT2D eigenvalue weighted by atomic mass is 9.96. The van der Waals surface area contributed by atoms with Gasteiger partial charge in [0.25, 0.3) is 5.91 Å². The van der Waals surface area contributed by atoms with E-state index in [4.69, 9.17) is 4.74 Å². The largest absolute Gasteiger partial charge is 0.462 e. The first-order valence-electron chi connectivity index (χ1n) is 9.21. The summed E-state index contributed by atoms with van der Waals surface area (Å²) in [6.07, 6.45) is 10.1. The molecule has 1 aliphatic rings. The maximum Gasteiger partial charge on any atom is 0.350 e. The number of nitrogens with one attached hydrogen (secondary N) is 1. The maximum absolute atomic E-state index is 12.6. The van der Waals surface area contributed by atoms with E-state index < -0.39 is 0 Å². The van der Waals surface area contributed by atoms with E-state index in [1.807, 2.05) is 35.4 Å². The van der Waals surface area contributed by atoms with Gasteiger partial charge in [0, 0.05) is 6.07 Å². The maximum atomic E-state index is 12.6. The summed E-state index contributed by atoms with van der Waals surface area (Å²) in [6.45, 7) is 4.19. The number of nitrogens with zero attached hydrogens (tertiary/aromatic N) is 2. The van der Waals surface area contributed by atoms with Crippen molar-refractivity contribution in [3.8, 4) is 0 Å². The van der Waals surface area contributed by atoms with Crippen molar-refractivity contribution in [1.82, 2.24) is 4.68 Å². The average molecular weight is 377 g/mol. The molecule has 2 aromatic rings. The number of esters is 1. The topological polar surface area (TPSA) is 64.2 Å². The Hall–Kier alpha value is -2.15. The molecule has 1 N–H and O–H groups in total. The van der Waals surface area contributed by atoms with Crippen LogP contribution in [0, 0.1) is 6.92 Å². The fraction of sp³-hybridized carbons (Fsp3) is 0.526. The van der Waals surface area contributed by atoms with Gasteiger partial charge < -0.3 is 10.1 Å². The minimum atomic E-state index is -0.390. The number of hydrogen-bond donors (Lipinski definition) is 1. The second kappa shape index (κ2) is 8.49. The molecule has 0 bridgehead atoms. The normalized spacial score (nSPS) is 15.0. The zero-order valence-corrected chi connectivity index (χ0v) is 16.2. The van der Waals surface area contributed by atoms with Crippen molar-refractivity contribution in [2.45, 2.75) is 58.5 Å². The number of rotatable bonds is 6. The molecule has 3 rings (SSSR count). The molecule has 0 aromatic carbocycles. The predicted octanol–water partition coefficient (Wildman–Crippen LogP) is 3.47. The summed E-state index contributed by atoms with van der Waals surface area (Å²) in [5.74, 6) is -0.531. The molecular formula is C19H26N3O3S+. The van der Waals surface area contributed by atoms with Crippen molar-refractivity contribution < 1.29 is 19.0 Å². The van der Waals surface area contributed by atoms with Crippen LogP contribution in [-0.4, -0.2) is 23.2 Å². The van der Waals surface area contributed by atoms with E-state index in [0.29, 0.717) is 23.2 Å². The Bertz CT molecular complexity index is 775. The smallest absolute Gasteiger partial charge is 0.350 e. The van der Waals surface area contributed by atoms with E-state index >= 15 is 0 Å². The molecule has 0 radical (unpaired) electrons. The van der Waals surface area contributed by atoms with Crippen LogP contribution in [0.5, 0.6) is 0 Å². The Labute approximate surface area is 157 Å². The number of amides is 1. The second-order valence-electron chi connectivity index (χ2n) is 6.65. The third-order valence-corrected chi connectivity index (χ3v) is 5.83. The summed E-state index contributed by atoms with van der Waals surface area (Å²) in [4.78, 5) is 25.1. The van der Waals surface area contributed by atoms with Crippen LogP contribution in [-0.2, 0) is 16.1 Å². The third-order valence-electron chi connectivity index (χ3n) is 4.75. The zero-order valence-electron chi connectivity index (χ0n) is 15.4. The summed E-state index contributed by atoms with van der Waals surface area (Å²) in [7, 11) is 0. The molecule has 1 fully saturated rings. The van der Waals surface area contributed by atoms with E-state index in [0.717, 1.165) is 18.4 Å². The third kappa shape index (κ3) is 4.15. The SMILES string of the molecule is CCOC(=O)c1scc(C)c1NC(=O)C[n+]1cccn1C1CCCCC1. The van der Waals surface area contributed by atoms with Gasteiger partial charge in [-0.05, 0) is 37.6 Å². The highest BCUT2D eigenvalue weighted by atomic mass is 32.1. The monoisotopic (exact) mass is 376 g/mol. The van der Waals surface area contributed by atoms with Crippen LogP contribution >= 0.6 is 11.3 Å². The Morgan fingerprint density at radius 1 is 1.35 bits per heavy atom. The van der Waals surface area contributed by atoms with Crippen LogP contribution in [0.25, 0.3) is 0 Å². The summed E-state index contributed by atoms with van der Waals surface area (Å²) in [5, 5.41) is 4.76. The van der Waals surface area contributed by atoms with E-state index in [1.54, 1.807) is 6.92 Å². The van der Waals surface area contributed by atoms with E-state index in [-0.39, 0.29) is 18.4 Å². The fourth-order valence-corrected chi connectivity index (χ4v) is 4.37. The van der Waals surface area contributed by atoms with Crippen molar-refractivity contribution in [1.29, 1.82) is 0 Å². The molecule has 1 amide bonds. The lowest BCUT2D eigenvalue weighted by Crippen LogP contribution is -2.48. The Kier molecular flexibility index (Phi) is 6.08. The van der Waals surface area contributed by atoms with Gasteiger partial charge in [0.1, 0.15) is 4.88 Å². The number of thiophene rings is 1. The van der Waals surface area contributed by atoms with Crippen molar-refractivity contribution in [2.75, 3.05) is 11.9 Å². The van der Waals surface area contributed by atoms with Gasteiger partial charge in [0.05, 0.1) is 24.5 Å². The molecule has 1 aliphatic carbocycles. The number of aryl methyl sites for hydroxylation is 1. The molecule has 0 unspecified atom stereocenters. The lowest BCUT2D eigenvalue weighted by molar-refractivity contribution is -0.767. The first kappa shape index (κ1) is 18.6. The molecule has 0 atom stereocenters. The molecule has 0 saturated heterocycles. The van der Waals surface area contributed by atoms with Gasteiger partial charge >= 0.3 is 5.97 Å². The molecule has 2 aromatic heterocycles. The summed E-state index contributed by atoms with van der Waals surface area (Å²) >= 11 is 1.30. The van der Waals surface area contributed by atoms with Gasteiger partial charge in [0.2, 0.25) is 6.54 Å². The zero-order chi connectivity index (χ0) is 18.5. The quantitative estimate of drug-likeness (QED) is 0.620. The van der Waals surface area contributed by atoms with Gasteiger partial charge in [-0.15, -0.1) is 16.0 Å². The fourth-order valence-electron chi connectivity index (χ4n) is 3.47. The van der Waals surface area contributed by atoms with E-state index in [1.165, 1.54) is 30.6 Å². The Morgan fingerprint density at radius 2 is 2.12 bits per heavy atom. The number of aromatic nitrogens is 2. The van der Waals surface area contributed by atoms with Crippen LogP contribution in [0.15, 0.2) is 23.8 Å². The molecule has 0 aliphatic heterocycles. The molecule has 26 heavy (non-hydrogen) atoms. The van der Waals surface area contributed by atoms with Gasteiger partial charge in [-0.25, -0.2) is 4.79 Å². The first-order valence-corrected chi connectivity index (χ1v) is 10.1. The molecule has 1 saturated carbocycles. The number of carbonyl (C=O) groups is 2. The highest BCUT2D eigenvalue weighted by Crippen LogP contribution is 2.29. The number of hydrogen-bond acceptors (Lipinski definition) is 4. The second-order valence-corrected chi connectivity index (χ2v) is 7.53. The molecule has 0 spiro atoms. The Morgan fingerprint density at radius 3 is 2.85 bits per heavy atom. The molecule has 7 heteroatoms.